The van der Waals surface area contributed by atoms with Gasteiger partial charge in [-0.05, 0) is 13.3 Å². The van der Waals surface area contributed by atoms with Gasteiger partial charge in [-0.1, -0.05) is 6.92 Å². The van der Waals surface area contributed by atoms with Crippen LogP contribution in [0.1, 0.15) is 20.3 Å². The molecule has 0 amide bonds. The maximum atomic E-state index is 5.50. The van der Waals surface area contributed by atoms with E-state index in [2.05, 4.69) is 16.7 Å². The molecule has 0 aromatic carbocycles. The minimum Gasteiger partial charge on any atom is -0.383 e. The molecule has 0 radical (unpaired) electrons. The summed E-state index contributed by atoms with van der Waals surface area (Å²) in [6.07, 6.45) is 1.05. The summed E-state index contributed by atoms with van der Waals surface area (Å²) in [5, 5.41) is 0. The Morgan fingerprint density at radius 3 is 2.29 bits per heavy atom. The van der Waals surface area contributed by atoms with Crippen molar-refractivity contribution < 1.29 is 14.2 Å². The second kappa shape index (κ2) is 11.8. The van der Waals surface area contributed by atoms with E-state index in [0.29, 0.717) is 13.2 Å². The molecule has 6 nitrogen and oxygen atoms in total. The molecule has 6 heteroatoms. The van der Waals surface area contributed by atoms with Gasteiger partial charge >= 0.3 is 0 Å². The number of hydrogen-bond donors (Lipinski definition) is 0. The standard InChI is InChI=1S/C15H31N3O3/c1-4-11-21-12-6-16-15-17(9-13-19-3)7-8-18(15)10-14-20-5-2/h4-14H2,1-3H3/b16-15-. The fraction of sp³-hybridized carbons (Fsp3) is 0.933. The zero-order valence-electron chi connectivity index (χ0n) is 13.8. The molecule has 0 unspecified atom stereocenters. The molecule has 124 valence electrons. The third-order valence-electron chi connectivity index (χ3n) is 3.32. The van der Waals surface area contributed by atoms with Crippen LogP contribution in [-0.2, 0) is 14.2 Å². The van der Waals surface area contributed by atoms with Gasteiger partial charge in [0.25, 0.3) is 0 Å². The number of hydrogen-bond acceptors (Lipinski definition) is 4. The van der Waals surface area contributed by atoms with Crippen molar-refractivity contribution in [2.45, 2.75) is 20.3 Å². The van der Waals surface area contributed by atoms with Gasteiger partial charge in [0, 0.05) is 46.5 Å². The summed E-state index contributed by atoms with van der Waals surface area (Å²) < 4.78 is 16.1. The number of methoxy groups -OCH3 is 1. The van der Waals surface area contributed by atoms with E-state index in [1.165, 1.54) is 0 Å². The Labute approximate surface area is 129 Å². The van der Waals surface area contributed by atoms with Crippen LogP contribution in [0.2, 0.25) is 0 Å². The molecule has 1 heterocycles. The fourth-order valence-electron chi connectivity index (χ4n) is 2.24. The van der Waals surface area contributed by atoms with Gasteiger partial charge < -0.3 is 24.0 Å². The number of ether oxygens (including phenoxy) is 3. The third kappa shape index (κ3) is 7.11. The second-order valence-corrected chi connectivity index (χ2v) is 4.96. The Hall–Kier alpha value is -0.850. The van der Waals surface area contributed by atoms with E-state index in [1.54, 1.807) is 7.11 Å². The zero-order valence-corrected chi connectivity index (χ0v) is 13.8. The highest BCUT2D eigenvalue weighted by Gasteiger charge is 2.25. The summed E-state index contributed by atoms with van der Waals surface area (Å²) in [5.74, 6) is 1.06. The molecule has 1 aliphatic heterocycles. The predicted octanol–water partition coefficient (Wildman–Crippen LogP) is 1.07. The molecule has 21 heavy (non-hydrogen) atoms. The van der Waals surface area contributed by atoms with E-state index in [-0.39, 0.29) is 0 Å². The van der Waals surface area contributed by atoms with Crippen LogP contribution in [0.5, 0.6) is 0 Å². The van der Waals surface area contributed by atoms with Gasteiger partial charge in [-0.2, -0.15) is 0 Å². The molecule has 0 aromatic rings. The van der Waals surface area contributed by atoms with Crippen LogP contribution in [-0.4, -0.2) is 88.6 Å². The maximum absolute atomic E-state index is 5.50. The molecule has 0 bridgehead atoms. The Kier molecular flexibility index (Phi) is 10.2. The van der Waals surface area contributed by atoms with E-state index < -0.39 is 0 Å². The SMILES string of the molecule is CCCOCC/N=C1/N(CCOC)CCN1CCOCC. The Bertz CT molecular complexity index is 287. The van der Waals surface area contributed by atoms with Crippen molar-refractivity contribution in [2.75, 3.05) is 72.9 Å². The number of rotatable bonds is 12. The molecule has 0 atom stereocenters. The van der Waals surface area contributed by atoms with Crippen molar-refractivity contribution in [3.63, 3.8) is 0 Å². The minimum atomic E-state index is 0.689. The smallest absolute Gasteiger partial charge is 0.196 e. The number of guanidine groups is 1. The fourth-order valence-corrected chi connectivity index (χ4v) is 2.24. The van der Waals surface area contributed by atoms with Gasteiger partial charge in [-0.25, -0.2) is 0 Å². The summed E-state index contributed by atoms with van der Waals surface area (Å²) in [4.78, 5) is 9.31. The molecular formula is C15H31N3O3. The average molecular weight is 301 g/mol. The van der Waals surface area contributed by atoms with Gasteiger partial charge in [0.05, 0.1) is 26.4 Å². The molecule has 0 aromatic heterocycles. The van der Waals surface area contributed by atoms with Gasteiger partial charge in [0.2, 0.25) is 0 Å². The normalized spacial score (nSPS) is 17.2. The average Bonchev–Trinajstić information content (AvgIpc) is 2.87. The van der Waals surface area contributed by atoms with E-state index in [4.69, 9.17) is 19.2 Å². The van der Waals surface area contributed by atoms with Crippen molar-refractivity contribution in [1.29, 1.82) is 0 Å². The van der Waals surface area contributed by atoms with Crippen molar-refractivity contribution in [2.24, 2.45) is 4.99 Å². The highest BCUT2D eigenvalue weighted by molar-refractivity contribution is 5.82. The molecule has 1 aliphatic rings. The van der Waals surface area contributed by atoms with Crippen molar-refractivity contribution >= 4 is 5.96 Å². The highest BCUT2D eigenvalue weighted by atomic mass is 16.5. The van der Waals surface area contributed by atoms with Crippen molar-refractivity contribution in [1.82, 2.24) is 9.80 Å². The molecule has 0 spiro atoms. The first-order valence-corrected chi connectivity index (χ1v) is 8.02. The van der Waals surface area contributed by atoms with Crippen molar-refractivity contribution in [3.8, 4) is 0 Å². The number of aliphatic imine (C=N–C) groups is 1. The van der Waals surface area contributed by atoms with E-state index in [0.717, 1.165) is 65.0 Å². The minimum absolute atomic E-state index is 0.689. The first-order chi connectivity index (χ1) is 10.3. The maximum Gasteiger partial charge on any atom is 0.196 e. The molecular weight excluding hydrogens is 270 g/mol. The quantitative estimate of drug-likeness (QED) is 0.505. The third-order valence-corrected chi connectivity index (χ3v) is 3.32. The summed E-state index contributed by atoms with van der Waals surface area (Å²) in [7, 11) is 1.73. The van der Waals surface area contributed by atoms with Crippen LogP contribution < -0.4 is 0 Å². The molecule has 1 saturated heterocycles. The van der Waals surface area contributed by atoms with E-state index in [1.807, 2.05) is 6.92 Å². The lowest BCUT2D eigenvalue weighted by Gasteiger charge is -2.23. The largest absolute Gasteiger partial charge is 0.383 e. The van der Waals surface area contributed by atoms with Crippen LogP contribution in [0.3, 0.4) is 0 Å². The lowest BCUT2D eigenvalue weighted by Crippen LogP contribution is -2.37. The van der Waals surface area contributed by atoms with Crippen molar-refractivity contribution in [3.05, 3.63) is 0 Å². The highest BCUT2D eigenvalue weighted by Crippen LogP contribution is 2.09. The second-order valence-electron chi connectivity index (χ2n) is 4.96. The van der Waals surface area contributed by atoms with Gasteiger partial charge in [-0.3, -0.25) is 4.99 Å². The predicted molar refractivity (Wildman–Crippen MR) is 84.9 cm³/mol. The molecule has 0 aliphatic carbocycles. The monoisotopic (exact) mass is 301 g/mol. The lowest BCUT2D eigenvalue weighted by atomic mass is 10.5. The Balaban J connectivity index is 2.46. The zero-order chi connectivity index (χ0) is 15.3. The summed E-state index contributed by atoms with van der Waals surface area (Å²) in [5.41, 5.74) is 0. The number of nitrogens with zero attached hydrogens (tertiary/aromatic N) is 3. The molecule has 1 fully saturated rings. The van der Waals surface area contributed by atoms with Crippen LogP contribution in [0.4, 0.5) is 0 Å². The van der Waals surface area contributed by atoms with Crippen LogP contribution in [0, 0.1) is 0 Å². The van der Waals surface area contributed by atoms with Gasteiger partial charge in [-0.15, -0.1) is 0 Å². The van der Waals surface area contributed by atoms with Gasteiger partial charge in [0.15, 0.2) is 5.96 Å². The first-order valence-electron chi connectivity index (χ1n) is 8.02. The van der Waals surface area contributed by atoms with Crippen LogP contribution >= 0.6 is 0 Å². The molecule has 1 rings (SSSR count). The Morgan fingerprint density at radius 1 is 0.952 bits per heavy atom. The molecule has 0 saturated carbocycles. The molecule has 0 N–H and O–H groups in total. The van der Waals surface area contributed by atoms with Crippen LogP contribution in [0.25, 0.3) is 0 Å². The van der Waals surface area contributed by atoms with E-state index >= 15 is 0 Å². The van der Waals surface area contributed by atoms with Crippen LogP contribution in [0.15, 0.2) is 4.99 Å². The van der Waals surface area contributed by atoms with E-state index in [9.17, 15) is 0 Å². The van der Waals surface area contributed by atoms with Gasteiger partial charge in [0.1, 0.15) is 0 Å². The summed E-state index contributed by atoms with van der Waals surface area (Å²) >= 11 is 0. The lowest BCUT2D eigenvalue weighted by molar-refractivity contribution is 0.133. The summed E-state index contributed by atoms with van der Waals surface area (Å²) in [6, 6.07) is 0. The first kappa shape index (κ1) is 18.2. The summed E-state index contributed by atoms with van der Waals surface area (Å²) in [6.45, 7) is 12.4. The Morgan fingerprint density at radius 2 is 1.67 bits per heavy atom. The topological polar surface area (TPSA) is 46.5 Å².